The van der Waals surface area contributed by atoms with Gasteiger partial charge in [-0.3, -0.25) is 14.6 Å². The molecule has 0 saturated carbocycles. The van der Waals surface area contributed by atoms with E-state index >= 15 is 0 Å². The third-order valence-electron chi connectivity index (χ3n) is 3.92. The molecule has 1 saturated heterocycles. The monoisotopic (exact) mass is 336 g/mol. The summed E-state index contributed by atoms with van der Waals surface area (Å²) in [6.07, 6.45) is 6.62. The Morgan fingerprint density at radius 1 is 1.28 bits per heavy atom. The molecule has 0 unspecified atom stereocenters. The molecule has 0 radical (unpaired) electrons. The number of aromatic nitrogens is 1. The quantitative estimate of drug-likeness (QED) is 0.808. The molecule has 1 aliphatic rings. The molecule has 2 aromatic rings. The van der Waals surface area contributed by atoms with Gasteiger partial charge in [-0.25, -0.2) is 0 Å². The van der Waals surface area contributed by atoms with Crippen LogP contribution in [0.3, 0.4) is 0 Å². The maximum Gasteiger partial charge on any atom is 0.244 e. The van der Waals surface area contributed by atoms with Gasteiger partial charge in [0, 0.05) is 43.8 Å². The van der Waals surface area contributed by atoms with Crippen LogP contribution in [0.15, 0.2) is 54.9 Å². The molecule has 0 spiro atoms. The van der Waals surface area contributed by atoms with Gasteiger partial charge in [-0.2, -0.15) is 0 Å². The first-order valence-electron chi connectivity index (χ1n) is 8.17. The molecule has 0 bridgehead atoms. The van der Waals surface area contributed by atoms with Gasteiger partial charge >= 0.3 is 0 Å². The van der Waals surface area contributed by atoms with Gasteiger partial charge in [0.15, 0.2) is 0 Å². The molecule has 1 aromatic heterocycles. The van der Waals surface area contributed by atoms with Crippen molar-refractivity contribution < 1.29 is 9.59 Å². The minimum Gasteiger partial charge on any atom is -0.360 e. The number of carbonyl (C=O) groups excluding carboxylic acids is 2. The van der Waals surface area contributed by atoms with Crippen molar-refractivity contribution in [3.8, 4) is 0 Å². The lowest BCUT2D eigenvalue weighted by Gasteiger charge is -2.28. The van der Waals surface area contributed by atoms with E-state index < -0.39 is 0 Å². The molecule has 2 heterocycles. The van der Waals surface area contributed by atoms with E-state index in [2.05, 4.69) is 15.6 Å². The van der Waals surface area contributed by atoms with Crippen LogP contribution in [0, 0.1) is 0 Å². The minimum atomic E-state index is -0.152. The third-order valence-corrected chi connectivity index (χ3v) is 3.92. The van der Waals surface area contributed by atoms with Crippen LogP contribution >= 0.6 is 0 Å². The van der Waals surface area contributed by atoms with Crippen molar-refractivity contribution >= 4 is 23.6 Å². The Hall–Kier alpha value is -3.15. The number of hydrogen-bond donors (Lipinski definition) is 2. The van der Waals surface area contributed by atoms with Crippen LogP contribution in [0.4, 0.5) is 5.69 Å². The summed E-state index contributed by atoms with van der Waals surface area (Å²) in [4.78, 5) is 29.3. The highest BCUT2D eigenvalue weighted by atomic mass is 16.2. The summed E-state index contributed by atoms with van der Waals surface area (Å²) in [6, 6.07) is 11.6. The molecule has 2 amide bonds. The summed E-state index contributed by atoms with van der Waals surface area (Å²) in [6.45, 7) is 2.31. The lowest BCUT2D eigenvalue weighted by molar-refractivity contribution is -0.120. The van der Waals surface area contributed by atoms with Gasteiger partial charge in [0.05, 0.1) is 6.54 Å². The van der Waals surface area contributed by atoms with Crippen LogP contribution in [0.5, 0.6) is 0 Å². The van der Waals surface area contributed by atoms with Gasteiger partial charge < -0.3 is 15.5 Å². The zero-order valence-electron chi connectivity index (χ0n) is 13.8. The van der Waals surface area contributed by atoms with Gasteiger partial charge in [-0.1, -0.05) is 18.2 Å². The standard InChI is InChI=1S/C19H20N4O2/c24-18(8-5-15-2-1-9-20-12-15)22-13-16-3-6-17(7-4-16)23-11-10-21-19(25)14-23/h1-9,12H,10-11,13-14H2,(H,21,25)(H,22,24)/b8-5+. The minimum absolute atomic E-state index is 0.0444. The zero-order valence-corrected chi connectivity index (χ0v) is 13.8. The van der Waals surface area contributed by atoms with Crippen molar-refractivity contribution in [2.45, 2.75) is 6.54 Å². The highest BCUT2D eigenvalue weighted by Gasteiger charge is 2.16. The van der Waals surface area contributed by atoms with Crippen molar-refractivity contribution in [2.24, 2.45) is 0 Å². The summed E-state index contributed by atoms with van der Waals surface area (Å²) in [5, 5.41) is 5.66. The Labute approximate surface area is 146 Å². The summed E-state index contributed by atoms with van der Waals surface area (Å²) in [5.41, 5.74) is 2.90. The Balaban J connectivity index is 1.50. The Morgan fingerprint density at radius 2 is 2.12 bits per heavy atom. The molecule has 1 aromatic carbocycles. The van der Waals surface area contributed by atoms with Crippen LogP contribution in [0.25, 0.3) is 6.08 Å². The van der Waals surface area contributed by atoms with Crippen LogP contribution in [-0.4, -0.2) is 36.4 Å². The Bertz CT molecular complexity index is 757. The molecule has 3 rings (SSSR count). The normalized spacial score (nSPS) is 14.4. The van der Waals surface area contributed by atoms with Crippen molar-refractivity contribution in [1.29, 1.82) is 0 Å². The smallest absolute Gasteiger partial charge is 0.244 e. The number of amides is 2. The fourth-order valence-electron chi connectivity index (χ4n) is 2.58. The highest BCUT2D eigenvalue weighted by Crippen LogP contribution is 2.16. The van der Waals surface area contributed by atoms with Crippen LogP contribution < -0.4 is 15.5 Å². The van der Waals surface area contributed by atoms with Gasteiger partial charge in [0.25, 0.3) is 0 Å². The van der Waals surface area contributed by atoms with E-state index in [0.29, 0.717) is 19.6 Å². The second-order valence-corrected chi connectivity index (χ2v) is 5.78. The Morgan fingerprint density at radius 3 is 2.84 bits per heavy atom. The first-order valence-corrected chi connectivity index (χ1v) is 8.17. The molecule has 25 heavy (non-hydrogen) atoms. The Kier molecular flexibility index (Phi) is 5.41. The molecule has 2 N–H and O–H groups in total. The molecular weight excluding hydrogens is 316 g/mol. The average molecular weight is 336 g/mol. The summed E-state index contributed by atoms with van der Waals surface area (Å²) in [7, 11) is 0. The zero-order chi connectivity index (χ0) is 17.5. The van der Waals surface area contributed by atoms with Crippen LogP contribution in [-0.2, 0) is 16.1 Å². The average Bonchev–Trinajstić information content (AvgIpc) is 2.66. The van der Waals surface area contributed by atoms with Crippen molar-refractivity contribution in [3.63, 3.8) is 0 Å². The lowest BCUT2D eigenvalue weighted by atomic mass is 10.2. The maximum absolute atomic E-state index is 11.9. The number of pyridine rings is 1. The number of rotatable bonds is 5. The number of piperazine rings is 1. The molecule has 128 valence electrons. The van der Waals surface area contributed by atoms with Crippen molar-refractivity contribution in [2.75, 3.05) is 24.5 Å². The third kappa shape index (κ3) is 4.91. The summed E-state index contributed by atoms with van der Waals surface area (Å²) >= 11 is 0. The van der Waals surface area contributed by atoms with Crippen LogP contribution in [0.2, 0.25) is 0 Å². The first-order chi connectivity index (χ1) is 12.2. The van der Waals surface area contributed by atoms with E-state index in [0.717, 1.165) is 23.4 Å². The van der Waals surface area contributed by atoms with Crippen molar-refractivity contribution in [1.82, 2.24) is 15.6 Å². The summed E-state index contributed by atoms with van der Waals surface area (Å²) in [5.74, 6) is -0.108. The second-order valence-electron chi connectivity index (χ2n) is 5.78. The van der Waals surface area contributed by atoms with E-state index in [1.807, 2.05) is 41.3 Å². The molecule has 1 aliphatic heterocycles. The second kappa shape index (κ2) is 8.10. The molecular formula is C19H20N4O2. The first kappa shape index (κ1) is 16.7. The predicted octanol–water partition coefficient (Wildman–Crippen LogP) is 1.35. The number of benzene rings is 1. The largest absolute Gasteiger partial charge is 0.360 e. The SMILES string of the molecule is O=C(/C=C/c1cccnc1)NCc1ccc(N2CCNC(=O)C2)cc1. The van der Waals surface area contributed by atoms with Gasteiger partial charge in [0.2, 0.25) is 11.8 Å². The van der Waals surface area contributed by atoms with Gasteiger partial charge in [-0.05, 0) is 35.4 Å². The molecule has 6 heteroatoms. The number of nitrogens with one attached hydrogen (secondary N) is 2. The van der Waals surface area contributed by atoms with E-state index in [-0.39, 0.29) is 11.8 Å². The number of carbonyl (C=O) groups is 2. The predicted molar refractivity (Wildman–Crippen MR) is 96.8 cm³/mol. The number of anilines is 1. The van der Waals surface area contributed by atoms with E-state index in [1.165, 1.54) is 6.08 Å². The fraction of sp³-hybridized carbons (Fsp3) is 0.211. The molecule has 6 nitrogen and oxygen atoms in total. The molecule has 1 fully saturated rings. The van der Waals surface area contributed by atoms with E-state index in [1.54, 1.807) is 18.5 Å². The molecule has 0 aliphatic carbocycles. The van der Waals surface area contributed by atoms with Gasteiger partial charge in [0.1, 0.15) is 0 Å². The van der Waals surface area contributed by atoms with E-state index in [4.69, 9.17) is 0 Å². The van der Waals surface area contributed by atoms with E-state index in [9.17, 15) is 9.59 Å². The lowest BCUT2D eigenvalue weighted by Crippen LogP contribution is -2.47. The van der Waals surface area contributed by atoms with Gasteiger partial charge in [-0.15, -0.1) is 0 Å². The summed E-state index contributed by atoms with van der Waals surface area (Å²) < 4.78 is 0. The molecule has 0 atom stereocenters. The fourth-order valence-corrected chi connectivity index (χ4v) is 2.58. The number of nitrogens with zero attached hydrogens (tertiary/aromatic N) is 2. The maximum atomic E-state index is 11.9. The number of hydrogen-bond acceptors (Lipinski definition) is 4. The topological polar surface area (TPSA) is 74.3 Å². The van der Waals surface area contributed by atoms with Crippen molar-refractivity contribution in [3.05, 3.63) is 66.0 Å². The van der Waals surface area contributed by atoms with Crippen LogP contribution in [0.1, 0.15) is 11.1 Å². The highest BCUT2D eigenvalue weighted by molar-refractivity contribution is 5.91.